The Hall–Kier alpha value is -0.0866. The molecule has 6 heteroatoms. The molecule has 0 radical (unpaired) electrons. The number of halogens is 4. The fourth-order valence-electron chi connectivity index (χ4n) is 0.858. The summed E-state index contributed by atoms with van der Waals surface area (Å²) < 4.78 is 38.8. The molecule has 1 aromatic carbocycles. The monoisotopic (exact) mass is 318 g/mol. The van der Waals surface area contributed by atoms with E-state index in [0.29, 0.717) is 0 Å². The molecule has 0 bridgehead atoms. The zero-order valence-corrected chi connectivity index (χ0v) is 11.7. The minimum absolute atomic E-state index is 0. The minimum Gasteiger partial charge on any atom is -1.00 e. The van der Waals surface area contributed by atoms with Gasteiger partial charge in [-0.05, 0) is 0 Å². The smallest absolute Gasteiger partial charge is 1.00 e. The van der Waals surface area contributed by atoms with E-state index in [0.717, 1.165) is 28.9 Å². The van der Waals surface area contributed by atoms with Gasteiger partial charge in [0.25, 0.3) is 0 Å². The minimum atomic E-state index is -4.60. The van der Waals surface area contributed by atoms with Crippen molar-refractivity contribution in [2.45, 2.75) is 11.4 Å². The van der Waals surface area contributed by atoms with Gasteiger partial charge in [0.2, 0.25) is 0 Å². The second kappa shape index (κ2) is 5.71. The van der Waals surface area contributed by atoms with Gasteiger partial charge in [0.15, 0.2) is 0 Å². The molecule has 0 saturated carbocycles. The maximum absolute atomic E-state index is 11.7. The van der Waals surface area contributed by atoms with E-state index < -0.39 is 6.36 Å². The van der Waals surface area contributed by atoms with Crippen molar-refractivity contribution in [1.82, 2.24) is 0 Å². The third-order valence-corrected chi connectivity index (χ3v) is 2.66. The van der Waals surface area contributed by atoms with Crippen LogP contribution in [0.5, 0.6) is 5.75 Å². The summed E-state index contributed by atoms with van der Waals surface area (Å²) >= 11 is 1.10. The van der Waals surface area contributed by atoms with Gasteiger partial charge in [0, 0.05) is 0 Å². The van der Waals surface area contributed by atoms with Crippen molar-refractivity contribution in [3.63, 3.8) is 0 Å². The average Bonchev–Trinajstić information content (AvgIpc) is 2.03. The van der Waals surface area contributed by atoms with Crippen LogP contribution in [0.25, 0.3) is 0 Å². The van der Waals surface area contributed by atoms with Crippen molar-refractivity contribution in [3.05, 3.63) is 29.8 Å². The zero-order chi connectivity index (χ0) is 9.90. The first kappa shape index (κ1) is 13.9. The summed E-state index contributed by atoms with van der Waals surface area (Å²) in [5.74, 6) is -0.162. The van der Waals surface area contributed by atoms with E-state index in [9.17, 15) is 13.2 Å². The van der Waals surface area contributed by atoms with E-state index >= 15 is 0 Å². The molecule has 1 nitrogen and oxygen atoms in total. The van der Waals surface area contributed by atoms with Gasteiger partial charge in [0.05, 0.1) is 0 Å². The molecule has 0 spiro atoms. The van der Waals surface area contributed by atoms with Crippen LogP contribution in [-0.4, -0.2) is 6.36 Å². The summed E-state index contributed by atoms with van der Waals surface area (Å²) in [6.45, 7) is 0. The van der Waals surface area contributed by atoms with Crippen LogP contribution >= 0.6 is 0 Å². The van der Waals surface area contributed by atoms with Gasteiger partial charge in [-0.3, -0.25) is 0 Å². The third kappa shape index (κ3) is 4.96. The second-order valence-electron chi connectivity index (χ2n) is 2.44. The molecule has 0 aliphatic carbocycles. The van der Waals surface area contributed by atoms with Crippen molar-refractivity contribution in [2.24, 2.45) is 0 Å². The second-order valence-corrected chi connectivity index (χ2v) is 3.49. The van der Waals surface area contributed by atoms with Crippen LogP contribution in [0, 0.1) is 0 Å². The predicted molar refractivity (Wildman–Crippen MR) is 36.8 cm³/mol. The number of rotatable bonds is 2. The molecule has 1 aromatic rings. The summed E-state index contributed by atoms with van der Waals surface area (Å²) in [4.78, 5) is 0. The molecule has 0 fully saturated rings. The Bertz CT molecular complexity index is 273. The van der Waals surface area contributed by atoms with Crippen LogP contribution in [0.3, 0.4) is 0 Å². The maximum Gasteiger partial charge on any atom is -1.00 e. The van der Waals surface area contributed by atoms with Crippen LogP contribution in [0.4, 0.5) is 13.2 Å². The zero-order valence-electron chi connectivity index (χ0n) is 7.14. The molecule has 0 unspecified atom stereocenters. The Balaban J connectivity index is 0.00000169. The summed E-state index contributed by atoms with van der Waals surface area (Å²) in [7, 11) is 0. The molecule has 14 heavy (non-hydrogen) atoms. The van der Waals surface area contributed by atoms with E-state index in [1.54, 1.807) is 12.1 Å². The molecule has 0 saturated heterocycles. The standard InChI is InChI=1S/C8H6F3O.BrH.Zn/c1-6-2-4-7(5-3-6)12-8(9,10)11;;/h2-5H,1H2;1H;/q;;+1/p-1. The Morgan fingerprint density at radius 1 is 1.14 bits per heavy atom. The van der Waals surface area contributed by atoms with E-state index in [-0.39, 0.29) is 22.7 Å². The maximum atomic E-state index is 11.7. The van der Waals surface area contributed by atoms with E-state index in [2.05, 4.69) is 4.74 Å². The van der Waals surface area contributed by atoms with Gasteiger partial charge >= 0.3 is 83.2 Å². The SMILES string of the molecule is FC(F)(F)Oc1ccc([CH2][Zn+])cc1.[Br-]. The van der Waals surface area contributed by atoms with Crippen LogP contribution in [0.2, 0.25) is 0 Å². The quantitative estimate of drug-likeness (QED) is 0.676. The third-order valence-electron chi connectivity index (χ3n) is 1.45. The number of hydrogen-bond donors (Lipinski definition) is 0. The van der Waals surface area contributed by atoms with Crippen LogP contribution in [-0.2, 0) is 23.3 Å². The van der Waals surface area contributed by atoms with Gasteiger partial charge in [-0.25, -0.2) is 0 Å². The molecular formula is C8H6BrF3OZn. The van der Waals surface area contributed by atoms with Gasteiger partial charge in [-0.2, -0.15) is 0 Å². The molecule has 0 aromatic heterocycles. The van der Waals surface area contributed by atoms with Crippen molar-refractivity contribution in [1.29, 1.82) is 0 Å². The first-order valence-corrected chi connectivity index (χ1v) is 5.75. The largest absolute Gasteiger partial charge is 1.00 e. The number of alkyl halides is 3. The van der Waals surface area contributed by atoms with Gasteiger partial charge in [0.1, 0.15) is 0 Å². The Morgan fingerprint density at radius 2 is 1.64 bits per heavy atom. The van der Waals surface area contributed by atoms with Crippen molar-refractivity contribution >= 4 is 0 Å². The Morgan fingerprint density at radius 3 is 2.00 bits per heavy atom. The Labute approximate surface area is 100 Å². The van der Waals surface area contributed by atoms with Crippen LogP contribution in [0.15, 0.2) is 24.3 Å². The molecule has 1 rings (SSSR count). The van der Waals surface area contributed by atoms with Gasteiger partial charge < -0.3 is 17.0 Å². The topological polar surface area (TPSA) is 9.23 Å². The first-order valence-electron chi connectivity index (χ1n) is 3.65. The molecule has 0 N–H and O–H groups in total. The average molecular weight is 320 g/mol. The number of hydrogen-bond acceptors (Lipinski definition) is 1. The van der Waals surface area contributed by atoms with Gasteiger partial charge in [-0.15, -0.1) is 0 Å². The van der Waals surface area contributed by atoms with Crippen molar-refractivity contribution in [3.8, 4) is 5.75 Å². The molecule has 0 aliphatic heterocycles. The number of ether oxygens (including phenoxy) is 1. The molecule has 0 heterocycles. The molecule has 0 atom stereocenters. The fourth-order valence-corrected chi connectivity index (χ4v) is 1.56. The van der Waals surface area contributed by atoms with E-state index in [1.807, 2.05) is 0 Å². The summed E-state index contributed by atoms with van der Waals surface area (Å²) in [5, 5.41) is 0.923. The number of benzene rings is 1. The van der Waals surface area contributed by atoms with E-state index in [4.69, 9.17) is 0 Å². The first-order chi connectivity index (χ1) is 6.01. The van der Waals surface area contributed by atoms with Gasteiger partial charge in [-0.1, -0.05) is 0 Å². The van der Waals surface area contributed by atoms with Crippen molar-refractivity contribution in [2.75, 3.05) is 0 Å². The van der Waals surface area contributed by atoms with Crippen LogP contribution in [0.1, 0.15) is 5.56 Å². The summed E-state index contributed by atoms with van der Waals surface area (Å²) in [6, 6.07) is 5.95. The summed E-state index contributed by atoms with van der Waals surface area (Å²) in [5.41, 5.74) is 1.04. The van der Waals surface area contributed by atoms with E-state index in [1.165, 1.54) is 12.1 Å². The molecular weight excluding hydrogens is 314 g/mol. The predicted octanol–water partition coefficient (Wildman–Crippen LogP) is -0.364. The molecule has 74 valence electrons. The van der Waals surface area contributed by atoms with Crippen molar-refractivity contribution < 1.29 is 53.2 Å². The Kier molecular flexibility index (Phi) is 5.68. The molecule has 0 amide bonds. The molecule has 0 aliphatic rings. The van der Waals surface area contributed by atoms with Crippen LogP contribution < -0.4 is 21.7 Å². The normalized spacial score (nSPS) is 10.6. The summed E-state index contributed by atoms with van der Waals surface area (Å²) in [6.07, 6.45) is -4.60. The fraction of sp³-hybridized carbons (Fsp3) is 0.250.